The third-order valence-electron chi connectivity index (χ3n) is 1.14. The topological polar surface area (TPSA) is 102 Å². The van der Waals surface area contributed by atoms with Gasteiger partial charge < -0.3 is 21.6 Å². The lowest BCUT2D eigenvalue weighted by atomic mass is 10.4. The van der Waals surface area contributed by atoms with Crippen molar-refractivity contribution in [1.82, 2.24) is 5.01 Å². The Morgan fingerprint density at radius 2 is 2.18 bits per heavy atom. The lowest BCUT2D eigenvalue weighted by Crippen LogP contribution is -2.29. The molecule has 0 fully saturated rings. The van der Waals surface area contributed by atoms with E-state index in [1.807, 2.05) is 0 Å². The van der Waals surface area contributed by atoms with E-state index < -0.39 is 0 Å². The zero-order valence-electron chi connectivity index (χ0n) is 6.53. The van der Waals surface area contributed by atoms with Crippen LogP contribution in [0.25, 0.3) is 0 Å². The Kier molecular flexibility index (Phi) is 5.54. The molecule has 0 spiro atoms. The van der Waals surface area contributed by atoms with Crippen LogP contribution in [0.2, 0.25) is 0 Å². The molecular formula is C6H16N4O. The molecule has 0 unspecified atom stereocenters. The summed E-state index contributed by atoms with van der Waals surface area (Å²) >= 11 is 0. The molecule has 5 nitrogen and oxygen atoms in total. The highest BCUT2D eigenvalue weighted by atomic mass is 16.3. The number of rotatable bonds is 5. The third-order valence-corrected chi connectivity index (χ3v) is 1.14. The van der Waals surface area contributed by atoms with Crippen molar-refractivity contribution in [2.75, 3.05) is 19.7 Å². The first kappa shape index (κ1) is 10.2. The Balaban J connectivity index is 3.57. The Bertz CT molecular complexity index is 126. The van der Waals surface area contributed by atoms with Crippen LogP contribution in [0.1, 0.15) is 6.42 Å². The first-order valence-electron chi connectivity index (χ1n) is 3.49. The van der Waals surface area contributed by atoms with Gasteiger partial charge in [-0.25, -0.2) is 5.84 Å². The molecule has 0 aliphatic carbocycles. The Labute approximate surface area is 66.4 Å². The second kappa shape index (κ2) is 5.96. The highest BCUT2D eigenvalue weighted by molar-refractivity contribution is 4.95. The number of hydrazine groups is 1. The van der Waals surface area contributed by atoms with Gasteiger partial charge in [-0.1, -0.05) is 0 Å². The van der Waals surface area contributed by atoms with Gasteiger partial charge in [0.1, 0.15) is 0 Å². The molecule has 0 rings (SSSR count). The molecule has 0 aromatic heterocycles. The van der Waals surface area contributed by atoms with Crippen molar-refractivity contribution < 1.29 is 5.11 Å². The summed E-state index contributed by atoms with van der Waals surface area (Å²) in [6.07, 6.45) is 2.19. The fraction of sp³-hybridized carbons (Fsp3) is 0.667. The number of aliphatic hydroxyl groups excluding tert-OH is 1. The van der Waals surface area contributed by atoms with Crippen LogP contribution < -0.4 is 17.3 Å². The van der Waals surface area contributed by atoms with Crippen molar-refractivity contribution in [2.45, 2.75) is 6.42 Å². The van der Waals surface area contributed by atoms with Crippen molar-refractivity contribution in [3.63, 3.8) is 0 Å². The predicted octanol–water partition coefficient (Wildman–Crippen LogP) is -1.70. The maximum atomic E-state index is 8.45. The summed E-state index contributed by atoms with van der Waals surface area (Å²) in [7, 11) is 0. The largest absolute Gasteiger partial charge is 0.400 e. The molecule has 11 heavy (non-hydrogen) atoms. The van der Waals surface area contributed by atoms with E-state index in [-0.39, 0.29) is 6.61 Å². The molecule has 0 aliphatic rings. The summed E-state index contributed by atoms with van der Waals surface area (Å²) in [5.74, 6) is 5.45. The van der Waals surface area contributed by atoms with Crippen molar-refractivity contribution >= 4 is 0 Å². The van der Waals surface area contributed by atoms with Crippen LogP contribution in [-0.2, 0) is 0 Å². The first-order chi connectivity index (χ1) is 5.20. The minimum Gasteiger partial charge on any atom is -0.400 e. The number of aliphatic hydroxyl groups is 1. The van der Waals surface area contributed by atoms with Crippen molar-refractivity contribution in [3.05, 3.63) is 11.9 Å². The van der Waals surface area contributed by atoms with E-state index in [2.05, 4.69) is 0 Å². The monoisotopic (exact) mass is 160 g/mol. The lowest BCUT2D eigenvalue weighted by molar-refractivity contribution is 0.260. The van der Waals surface area contributed by atoms with Crippen LogP contribution in [0.4, 0.5) is 0 Å². The van der Waals surface area contributed by atoms with Gasteiger partial charge in [0.2, 0.25) is 0 Å². The van der Waals surface area contributed by atoms with E-state index in [9.17, 15) is 0 Å². The number of hydrogen-bond donors (Lipinski definition) is 4. The number of hydrogen-bond acceptors (Lipinski definition) is 5. The van der Waals surface area contributed by atoms with Gasteiger partial charge in [-0.2, -0.15) is 0 Å². The van der Waals surface area contributed by atoms with E-state index in [4.69, 9.17) is 22.4 Å². The van der Waals surface area contributed by atoms with Gasteiger partial charge in [0, 0.05) is 31.6 Å². The Morgan fingerprint density at radius 1 is 1.55 bits per heavy atom. The molecule has 66 valence electrons. The Morgan fingerprint density at radius 3 is 2.64 bits per heavy atom. The minimum atomic E-state index is 0.129. The third kappa shape index (κ3) is 5.65. The molecule has 0 bridgehead atoms. The molecule has 0 radical (unpaired) electrons. The molecule has 0 aromatic rings. The molecule has 5 heteroatoms. The summed E-state index contributed by atoms with van der Waals surface area (Å²) in [4.78, 5) is 0. The molecular weight excluding hydrogens is 144 g/mol. The zero-order chi connectivity index (χ0) is 8.69. The molecule has 0 atom stereocenters. The normalized spacial score (nSPS) is 11.7. The highest BCUT2D eigenvalue weighted by Crippen LogP contribution is 1.86. The fourth-order valence-corrected chi connectivity index (χ4v) is 0.584. The van der Waals surface area contributed by atoms with Crippen LogP contribution in [0.3, 0.4) is 0 Å². The second-order valence-electron chi connectivity index (χ2n) is 2.22. The SMILES string of the molecule is NC/C(N)=C/N(N)CCCO. The first-order valence-corrected chi connectivity index (χ1v) is 3.49. The predicted molar refractivity (Wildman–Crippen MR) is 43.9 cm³/mol. The number of nitrogens with two attached hydrogens (primary N) is 3. The van der Waals surface area contributed by atoms with Crippen LogP contribution in [0.15, 0.2) is 11.9 Å². The molecule has 0 amide bonds. The summed E-state index contributed by atoms with van der Waals surface area (Å²) in [5.41, 5.74) is 11.2. The fourth-order valence-electron chi connectivity index (χ4n) is 0.584. The van der Waals surface area contributed by atoms with Crippen molar-refractivity contribution in [1.29, 1.82) is 0 Å². The van der Waals surface area contributed by atoms with E-state index in [0.29, 0.717) is 25.2 Å². The summed E-state index contributed by atoms with van der Waals surface area (Å²) < 4.78 is 0. The van der Waals surface area contributed by atoms with Gasteiger partial charge in [-0.3, -0.25) is 0 Å². The van der Waals surface area contributed by atoms with E-state index in [1.165, 1.54) is 5.01 Å². The summed E-state index contributed by atoms with van der Waals surface area (Å²) in [6, 6.07) is 0. The van der Waals surface area contributed by atoms with Gasteiger partial charge in [0.15, 0.2) is 0 Å². The molecule has 0 aromatic carbocycles. The maximum Gasteiger partial charge on any atom is 0.0448 e. The minimum absolute atomic E-state index is 0.129. The van der Waals surface area contributed by atoms with Crippen LogP contribution in [-0.4, -0.2) is 29.8 Å². The van der Waals surface area contributed by atoms with E-state index >= 15 is 0 Å². The second-order valence-corrected chi connectivity index (χ2v) is 2.22. The van der Waals surface area contributed by atoms with Gasteiger partial charge >= 0.3 is 0 Å². The van der Waals surface area contributed by atoms with Gasteiger partial charge in [-0.05, 0) is 6.42 Å². The van der Waals surface area contributed by atoms with Gasteiger partial charge in [0.05, 0.1) is 0 Å². The standard InChI is InChI=1S/C6H16N4O/c7-4-6(8)5-10(9)2-1-3-11/h5,11H,1-4,7-9H2/b6-5-. The van der Waals surface area contributed by atoms with Crippen LogP contribution >= 0.6 is 0 Å². The average molecular weight is 160 g/mol. The van der Waals surface area contributed by atoms with Gasteiger partial charge in [-0.15, -0.1) is 0 Å². The zero-order valence-corrected chi connectivity index (χ0v) is 6.53. The quantitative estimate of drug-likeness (QED) is 0.284. The molecule has 0 saturated heterocycles. The smallest absolute Gasteiger partial charge is 0.0448 e. The average Bonchev–Trinajstić information content (AvgIpc) is 2.00. The highest BCUT2D eigenvalue weighted by Gasteiger charge is 1.92. The maximum absolute atomic E-state index is 8.45. The molecule has 0 heterocycles. The summed E-state index contributed by atoms with van der Waals surface area (Å²) in [5, 5.41) is 9.86. The molecule has 0 saturated carbocycles. The summed E-state index contributed by atoms with van der Waals surface area (Å²) in [6.45, 7) is 1.01. The number of nitrogens with zero attached hydrogens (tertiary/aromatic N) is 1. The van der Waals surface area contributed by atoms with Crippen LogP contribution in [0, 0.1) is 0 Å². The van der Waals surface area contributed by atoms with E-state index in [0.717, 1.165) is 0 Å². The van der Waals surface area contributed by atoms with Gasteiger partial charge in [0.25, 0.3) is 0 Å². The molecule has 0 aliphatic heterocycles. The van der Waals surface area contributed by atoms with E-state index in [1.54, 1.807) is 6.20 Å². The van der Waals surface area contributed by atoms with Crippen molar-refractivity contribution in [2.24, 2.45) is 17.3 Å². The van der Waals surface area contributed by atoms with Crippen LogP contribution in [0.5, 0.6) is 0 Å². The lowest BCUT2D eigenvalue weighted by Gasteiger charge is -2.13. The van der Waals surface area contributed by atoms with Crippen molar-refractivity contribution in [3.8, 4) is 0 Å². The molecule has 7 N–H and O–H groups in total. The Hall–Kier alpha value is -0.780.